The molecule has 0 bridgehead atoms. The molecule has 0 unspecified atom stereocenters. The van der Waals surface area contributed by atoms with Gasteiger partial charge in [-0.1, -0.05) is 0 Å². The maximum absolute atomic E-state index is 10.6. The van der Waals surface area contributed by atoms with Crippen molar-refractivity contribution >= 4 is 23.9 Å². The SMILES string of the molecule is O=C(O)CN(CCN(CC(=O)O)CC(=O)O)CC(=O)O.[Zn+2]. The minimum atomic E-state index is -1.23. The van der Waals surface area contributed by atoms with Gasteiger partial charge in [-0.2, -0.15) is 0 Å². The maximum atomic E-state index is 10.6. The molecule has 0 saturated heterocycles. The number of carboxylic acid groups (broad SMARTS) is 4. The van der Waals surface area contributed by atoms with E-state index in [9.17, 15) is 19.2 Å². The van der Waals surface area contributed by atoms with Crippen LogP contribution in [-0.2, 0) is 38.7 Å². The molecule has 0 spiro atoms. The van der Waals surface area contributed by atoms with Crippen molar-refractivity contribution in [2.24, 2.45) is 0 Å². The summed E-state index contributed by atoms with van der Waals surface area (Å²) < 4.78 is 0. The molecule has 4 N–H and O–H groups in total. The van der Waals surface area contributed by atoms with Crippen molar-refractivity contribution in [1.29, 1.82) is 0 Å². The van der Waals surface area contributed by atoms with Crippen LogP contribution in [-0.4, -0.2) is 93.4 Å². The van der Waals surface area contributed by atoms with Crippen molar-refractivity contribution in [3.63, 3.8) is 0 Å². The predicted octanol–water partition coefficient (Wildman–Crippen LogP) is -2.07. The molecule has 114 valence electrons. The number of carbonyl (C=O) groups is 4. The molecule has 11 heteroatoms. The van der Waals surface area contributed by atoms with E-state index in [2.05, 4.69) is 0 Å². The van der Waals surface area contributed by atoms with E-state index in [0.29, 0.717) is 0 Å². The second-order valence-corrected chi connectivity index (χ2v) is 4.00. The van der Waals surface area contributed by atoms with E-state index in [-0.39, 0.29) is 32.6 Å². The van der Waals surface area contributed by atoms with Crippen molar-refractivity contribution in [3.8, 4) is 0 Å². The van der Waals surface area contributed by atoms with Crippen molar-refractivity contribution in [2.45, 2.75) is 0 Å². The van der Waals surface area contributed by atoms with Crippen molar-refractivity contribution in [1.82, 2.24) is 9.80 Å². The minimum absolute atomic E-state index is 0. The van der Waals surface area contributed by atoms with Crippen LogP contribution in [0.15, 0.2) is 0 Å². The zero-order valence-corrected chi connectivity index (χ0v) is 14.2. The van der Waals surface area contributed by atoms with E-state index >= 15 is 0 Å². The molecule has 0 atom stereocenters. The Bertz CT molecular complexity index is 321. The Balaban J connectivity index is 0. The summed E-state index contributed by atoms with van der Waals surface area (Å²) in [7, 11) is 0. The summed E-state index contributed by atoms with van der Waals surface area (Å²) in [4.78, 5) is 44.4. The van der Waals surface area contributed by atoms with Gasteiger partial charge in [0.15, 0.2) is 0 Å². The van der Waals surface area contributed by atoms with Gasteiger partial charge in [0.2, 0.25) is 0 Å². The number of rotatable bonds is 11. The molecular weight excluding hydrogens is 342 g/mol. The number of aliphatic carboxylic acids is 4. The molecule has 0 aromatic heterocycles. The van der Waals surface area contributed by atoms with Gasteiger partial charge in [0.1, 0.15) is 0 Å². The van der Waals surface area contributed by atoms with E-state index in [1.54, 1.807) is 0 Å². The number of nitrogens with zero attached hydrogens (tertiary/aromatic N) is 2. The summed E-state index contributed by atoms with van der Waals surface area (Å²) in [5.41, 5.74) is 0. The summed E-state index contributed by atoms with van der Waals surface area (Å²) in [6.45, 7) is -2.25. The van der Waals surface area contributed by atoms with E-state index in [0.717, 1.165) is 9.80 Å². The monoisotopic (exact) mass is 356 g/mol. The topological polar surface area (TPSA) is 156 Å². The molecule has 10 nitrogen and oxygen atoms in total. The van der Waals surface area contributed by atoms with Crippen LogP contribution in [0.5, 0.6) is 0 Å². The molecule has 0 heterocycles. The zero-order chi connectivity index (χ0) is 15.7. The molecule has 0 aromatic carbocycles. The van der Waals surface area contributed by atoms with Crippen LogP contribution in [0.3, 0.4) is 0 Å². The quantitative estimate of drug-likeness (QED) is 0.303. The van der Waals surface area contributed by atoms with E-state index < -0.39 is 50.1 Å². The van der Waals surface area contributed by atoms with Gasteiger partial charge in [0, 0.05) is 13.1 Å². The number of hydrogen-bond acceptors (Lipinski definition) is 6. The Labute approximate surface area is 132 Å². The molecule has 0 radical (unpaired) electrons. The van der Waals surface area contributed by atoms with Crippen molar-refractivity contribution < 1.29 is 59.1 Å². The molecule has 0 saturated carbocycles. The summed E-state index contributed by atoms with van der Waals surface area (Å²) in [5.74, 6) is -4.91. The average molecular weight is 358 g/mol. The fourth-order valence-electron chi connectivity index (χ4n) is 1.48. The van der Waals surface area contributed by atoms with Gasteiger partial charge < -0.3 is 20.4 Å². The van der Waals surface area contributed by atoms with Gasteiger partial charge in [0.05, 0.1) is 26.2 Å². The molecule has 0 aliphatic heterocycles. The molecule has 0 fully saturated rings. The second kappa shape index (κ2) is 11.1. The predicted molar refractivity (Wildman–Crippen MR) is 63.4 cm³/mol. The maximum Gasteiger partial charge on any atom is 2.00 e. The summed E-state index contributed by atoms with van der Waals surface area (Å²) >= 11 is 0. The first kappa shape index (κ1) is 21.7. The minimum Gasteiger partial charge on any atom is -0.480 e. The first-order valence-electron chi connectivity index (χ1n) is 5.52. The van der Waals surface area contributed by atoms with Gasteiger partial charge in [-0.15, -0.1) is 0 Å². The van der Waals surface area contributed by atoms with Gasteiger partial charge in [-0.05, 0) is 0 Å². The molecule has 0 aliphatic rings. The summed E-state index contributed by atoms with van der Waals surface area (Å²) in [6, 6.07) is 0. The molecule has 0 aliphatic carbocycles. The van der Waals surface area contributed by atoms with E-state index in [1.165, 1.54) is 0 Å². The van der Waals surface area contributed by atoms with Gasteiger partial charge >= 0.3 is 43.4 Å². The second-order valence-electron chi connectivity index (χ2n) is 4.00. The Kier molecular flexibility index (Phi) is 11.5. The molecule has 21 heavy (non-hydrogen) atoms. The molecule has 0 rings (SSSR count). The molecular formula is C10H16N2O8Zn+2. The Morgan fingerprint density at radius 1 is 0.571 bits per heavy atom. The third-order valence-corrected chi connectivity index (χ3v) is 2.17. The summed E-state index contributed by atoms with van der Waals surface area (Å²) in [6.07, 6.45) is 0. The Morgan fingerprint density at radius 2 is 0.762 bits per heavy atom. The van der Waals surface area contributed by atoms with Crippen molar-refractivity contribution in [2.75, 3.05) is 39.3 Å². The third-order valence-electron chi connectivity index (χ3n) is 2.17. The summed E-state index contributed by atoms with van der Waals surface area (Å²) in [5, 5.41) is 34.5. The largest absolute Gasteiger partial charge is 2.00 e. The van der Waals surface area contributed by atoms with Gasteiger partial charge in [-0.3, -0.25) is 29.0 Å². The number of hydrogen-bond donors (Lipinski definition) is 4. The Morgan fingerprint density at radius 3 is 0.905 bits per heavy atom. The normalized spacial score (nSPS) is 10.2. The Hall–Kier alpha value is -1.58. The van der Waals surface area contributed by atoms with Gasteiger partial charge in [0.25, 0.3) is 0 Å². The molecule has 0 aromatic rings. The van der Waals surface area contributed by atoms with Gasteiger partial charge in [-0.25, -0.2) is 0 Å². The number of carboxylic acids is 4. The third kappa shape index (κ3) is 13.2. The first-order valence-corrected chi connectivity index (χ1v) is 5.52. The van der Waals surface area contributed by atoms with Crippen LogP contribution in [0.25, 0.3) is 0 Å². The zero-order valence-electron chi connectivity index (χ0n) is 11.3. The fraction of sp³-hybridized carbons (Fsp3) is 0.600. The van der Waals surface area contributed by atoms with Crippen LogP contribution in [0.4, 0.5) is 0 Å². The molecule has 0 amide bonds. The van der Waals surface area contributed by atoms with Crippen LogP contribution in [0.1, 0.15) is 0 Å². The van der Waals surface area contributed by atoms with E-state index in [1.807, 2.05) is 0 Å². The standard InChI is InChI=1S/C10H16N2O8.Zn/c13-7(14)3-11(4-8(15)16)1-2-12(5-9(17)18)6-10(19)20;/h1-6H2,(H,13,14)(H,15,16)(H,17,18)(H,19,20);/q;+2. The fourth-order valence-corrected chi connectivity index (χ4v) is 1.48. The van der Waals surface area contributed by atoms with Crippen molar-refractivity contribution in [3.05, 3.63) is 0 Å². The van der Waals surface area contributed by atoms with Crippen LogP contribution >= 0.6 is 0 Å². The average Bonchev–Trinajstić information content (AvgIpc) is 2.22. The van der Waals surface area contributed by atoms with E-state index in [4.69, 9.17) is 20.4 Å². The first-order chi connectivity index (χ1) is 9.20. The van der Waals surface area contributed by atoms with Crippen LogP contribution in [0.2, 0.25) is 0 Å². The smallest absolute Gasteiger partial charge is 0.480 e. The van der Waals surface area contributed by atoms with Crippen LogP contribution < -0.4 is 0 Å². The van der Waals surface area contributed by atoms with Crippen LogP contribution in [0, 0.1) is 0 Å².